The van der Waals surface area contributed by atoms with E-state index >= 15 is 0 Å². The molecule has 0 bridgehead atoms. The van der Waals surface area contributed by atoms with Crippen molar-refractivity contribution >= 4 is 15.9 Å². The highest BCUT2D eigenvalue weighted by atomic mass is 32.3. The minimum atomic E-state index is -1.07. The molecule has 0 aliphatic heterocycles. The van der Waals surface area contributed by atoms with Crippen molar-refractivity contribution in [3.63, 3.8) is 0 Å². The Morgan fingerprint density at radius 1 is 1.05 bits per heavy atom. The van der Waals surface area contributed by atoms with Gasteiger partial charge in [0.2, 0.25) is 5.91 Å². The summed E-state index contributed by atoms with van der Waals surface area (Å²) in [5, 5.41) is 5.26. The first-order valence-corrected chi connectivity index (χ1v) is 9.68. The molecule has 0 atom stereocenters. The number of aryl methyl sites for hydroxylation is 1. The summed E-state index contributed by atoms with van der Waals surface area (Å²) in [6, 6.07) is 5.49. The van der Waals surface area contributed by atoms with Crippen molar-refractivity contribution in [3.8, 4) is 11.2 Å². The lowest BCUT2D eigenvalue weighted by Gasteiger charge is -2.46. The van der Waals surface area contributed by atoms with E-state index in [2.05, 4.69) is 52.7 Å². The maximum Gasteiger partial charge on any atom is 0.248 e. The Morgan fingerprint density at radius 2 is 1.55 bits per heavy atom. The number of benzene rings is 1. The molecular formula is C19H29NOS. The first-order chi connectivity index (χ1) is 10.1. The van der Waals surface area contributed by atoms with Gasteiger partial charge in [-0.1, -0.05) is 53.5 Å². The number of amides is 1. The summed E-state index contributed by atoms with van der Waals surface area (Å²) in [4.78, 5) is 11.4. The van der Waals surface area contributed by atoms with Crippen LogP contribution in [0, 0.1) is 18.1 Å². The van der Waals surface area contributed by atoms with Crippen molar-refractivity contribution in [1.29, 1.82) is 0 Å². The molecule has 0 spiro atoms. The van der Waals surface area contributed by atoms with E-state index in [0.29, 0.717) is 21.3 Å². The van der Waals surface area contributed by atoms with Gasteiger partial charge in [0.1, 0.15) is 0 Å². The van der Waals surface area contributed by atoms with E-state index in [0.717, 1.165) is 11.1 Å². The molecule has 0 aliphatic rings. The fraction of sp³-hybridized carbons (Fsp3) is 0.526. The Bertz CT molecular complexity index is 584. The topological polar surface area (TPSA) is 43.1 Å². The first-order valence-electron chi connectivity index (χ1n) is 7.86. The van der Waals surface area contributed by atoms with E-state index < -0.39 is 15.9 Å². The Hall–Kier alpha value is -1.40. The van der Waals surface area contributed by atoms with E-state index in [9.17, 15) is 4.79 Å². The van der Waals surface area contributed by atoms with Crippen LogP contribution in [0.15, 0.2) is 18.2 Å². The van der Waals surface area contributed by atoms with E-state index in [4.69, 9.17) is 5.73 Å². The minimum absolute atomic E-state index is 0.404. The second-order valence-corrected chi connectivity index (χ2v) is 11.1. The highest BCUT2D eigenvalue weighted by molar-refractivity contribution is 8.38. The first kappa shape index (κ1) is 18.6. The summed E-state index contributed by atoms with van der Waals surface area (Å²) in [5.41, 5.74) is 7.90. The highest BCUT2D eigenvalue weighted by Crippen LogP contribution is 2.59. The maximum absolute atomic E-state index is 11.4. The molecule has 2 N–H and O–H groups in total. The summed E-state index contributed by atoms with van der Waals surface area (Å²) in [7, 11) is -1.07. The monoisotopic (exact) mass is 319 g/mol. The molecule has 22 heavy (non-hydrogen) atoms. The lowest BCUT2D eigenvalue weighted by molar-refractivity contribution is 0.100. The Balaban J connectivity index is 3.41. The molecule has 1 aromatic carbocycles. The van der Waals surface area contributed by atoms with Gasteiger partial charge in [-0.3, -0.25) is 4.79 Å². The summed E-state index contributed by atoms with van der Waals surface area (Å²) in [6.45, 7) is 15.7. The van der Waals surface area contributed by atoms with Gasteiger partial charge in [-0.25, -0.2) is 0 Å². The SMILES string of the molecule is Cc1ccc(C(N)=O)cc1C#CS(C(C)C)(C(C)C)C(C)C. The lowest BCUT2D eigenvalue weighted by Crippen LogP contribution is -2.27. The fourth-order valence-electron chi connectivity index (χ4n) is 3.04. The van der Waals surface area contributed by atoms with Gasteiger partial charge >= 0.3 is 0 Å². The molecule has 3 heteroatoms. The summed E-state index contributed by atoms with van der Waals surface area (Å²) in [5.74, 6) is 2.97. The van der Waals surface area contributed by atoms with Gasteiger partial charge in [-0.15, -0.1) is 0 Å². The lowest BCUT2D eigenvalue weighted by atomic mass is 10.1. The Kier molecular flexibility index (Phi) is 6.14. The molecule has 0 aliphatic carbocycles. The predicted octanol–water partition coefficient (Wildman–Crippen LogP) is 4.43. The van der Waals surface area contributed by atoms with Crippen LogP contribution in [0.1, 0.15) is 63.0 Å². The largest absolute Gasteiger partial charge is 0.366 e. The molecule has 1 aromatic rings. The van der Waals surface area contributed by atoms with Crippen molar-refractivity contribution in [2.45, 2.75) is 64.2 Å². The second kappa shape index (κ2) is 7.24. The van der Waals surface area contributed by atoms with Crippen molar-refractivity contribution in [1.82, 2.24) is 0 Å². The third-order valence-corrected chi connectivity index (χ3v) is 9.36. The zero-order chi connectivity index (χ0) is 17.1. The molecular weight excluding hydrogens is 290 g/mol. The van der Waals surface area contributed by atoms with Crippen molar-refractivity contribution < 1.29 is 4.79 Å². The van der Waals surface area contributed by atoms with Gasteiger partial charge in [0.15, 0.2) is 0 Å². The molecule has 0 aromatic heterocycles. The van der Waals surface area contributed by atoms with Crippen LogP contribution < -0.4 is 5.73 Å². The van der Waals surface area contributed by atoms with Crippen molar-refractivity contribution in [3.05, 3.63) is 34.9 Å². The van der Waals surface area contributed by atoms with Gasteiger partial charge < -0.3 is 5.73 Å². The normalized spacial score (nSPS) is 12.5. The number of primary amides is 1. The van der Waals surface area contributed by atoms with E-state index in [1.807, 2.05) is 19.1 Å². The Labute approximate surface area is 137 Å². The number of rotatable bonds is 4. The summed E-state index contributed by atoms with van der Waals surface area (Å²) in [6.07, 6.45) is 0. The van der Waals surface area contributed by atoms with Crippen LogP contribution >= 0.6 is 10.0 Å². The average Bonchev–Trinajstić information content (AvgIpc) is 2.39. The van der Waals surface area contributed by atoms with Gasteiger partial charge in [0, 0.05) is 11.1 Å². The highest BCUT2D eigenvalue weighted by Gasteiger charge is 2.32. The molecule has 0 saturated heterocycles. The predicted molar refractivity (Wildman–Crippen MR) is 99.6 cm³/mol. The number of hydrogen-bond donors (Lipinski definition) is 1. The molecule has 0 saturated carbocycles. The average molecular weight is 320 g/mol. The zero-order valence-corrected chi connectivity index (χ0v) is 15.7. The van der Waals surface area contributed by atoms with Crippen LogP contribution in [-0.2, 0) is 0 Å². The van der Waals surface area contributed by atoms with Crippen LogP contribution in [-0.4, -0.2) is 21.7 Å². The summed E-state index contributed by atoms with van der Waals surface area (Å²) >= 11 is 0. The molecule has 0 fully saturated rings. The zero-order valence-electron chi connectivity index (χ0n) is 14.9. The fourth-order valence-corrected chi connectivity index (χ4v) is 7.30. The summed E-state index contributed by atoms with van der Waals surface area (Å²) < 4.78 is 0. The number of nitrogens with two attached hydrogens (primary N) is 1. The van der Waals surface area contributed by atoms with Crippen LogP contribution in [0.3, 0.4) is 0 Å². The standard InChI is InChI=1S/C19H29NOS/c1-13(2)22(14(3)4,15(5)6)11-10-17-12-18(19(20)21)9-8-16(17)7/h8-9,12-15H,1-7H3,(H2,20,21). The number of carbonyl (C=O) groups is 1. The van der Waals surface area contributed by atoms with Crippen LogP contribution in [0.4, 0.5) is 0 Å². The third kappa shape index (κ3) is 3.67. The van der Waals surface area contributed by atoms with E-state index in [1.54, 1.807) is 6.07 Å². The molecule has 1 amide bonds. The quantitative estimate of drug-likeness (QED) is 0.820. The van der Waals surface area contributed by atoms with Crippen molar-refractivity contribution in [2.24, 2.45) is 5.73 Å². The van der Waals surface area contributed by atoms with E-state index in [-0.39, 0.29) is 0 Å². The van der Waals surface area contributed by atoms with E-state index in [1.165, 1.54) is 0 Å². The second-order valence-electron chi connectivity index (χ2n) is 6.53. The van der Waals surface area contributed by atoms with Gasteiger partial charge in [0.25, 0.3) is 0 Å². The molecule has 0 radical (unpaired) electrons. The van der Waals surface area contributed by atoms with Gasteiger partial charge in [-0.05, 0) is 45.6 Å². The van der Waals surface area contributed by atoms with Crippen molar-refractivity contribution in [2.75, 3.05) is 0 Å². The Morgan fingerprint density at radius 3 is 1.95 bits per heavy atom. The number of carbonyl (C=O) groups excluding carboxylic acids is 1. The maximum atomic E-state index is 11.4. The smallest absolute Gasteiger partial charge is 0.248 e. The molecule has 0 unspecified atom stereocenters. The third-order valence-electron chi connectivity index (χ3n) is 4.22. The van der Waals surface area contributed by atoms with Gasteiger partial charge in [-0.2, -0.15) is 10.0 Å². The molecule has 122 valence electrons. The van der Waals surface area contributed by atoms with Crippen LogP contribution in [0.5, 0.6) is 0 Å². The minimum Gasteiger partial charge on any atom is -0.366 e. The number of hydrogen-bond acceptors (Lipinski definition) is 1. The van der Waals surface area contributed by atoms with Gasteiger partial charge in [0.05, 0.1) is 0 Å². The molecule has 1 rings (SSSR count). The molecule has 0 heterocycles. The molecule has 2 nitrogen and oxygen atoms in total. The van der Waals surface area contributed by atoms with Crippen LogP contribution in [0.25, 0.3) is 0 Å². The van der Waals surface area contributed by atoms with Crippen LogP contribution in [0.2, 0.25) is 0 Å².